The third kappa shape index (κ3) is 2.07. The molecule has 5 heteroatoms. The number of ether oxygens (including phenoxy) is 1. The normalized spacial score (nSPS) is 25.4. The van der Waals surface area contributed by atoms with Crippen molar-refractivity contribution in [1.29, 1.82) is 0 Å². The van der Waals surface area contributed by atoms with E-state index in [9.17, 15) is 9.59 Å². The molecule has 1 aromatic rings. The summed E-state index contributed by atoms with van der Waals surface area (Å²) in [5.41, 5.74) is 2.13. The van der Waals surface area contributed by atoms with Crippen molar-refractivity contribution in [2.24, 2.45) is 0 Å². The lowest BCUT2D eigenvalue weighted by atomic mass is 9.90. The fraction of sp³-hybridized carbons (Fsp3) is 0.533. The Labute approximate surface area is 117 Å². The van der Waals surface area contributed by atoms with E-state index in [1.54, 1.807) is 11.1 Å². The van der Waals surface area contributed by atoms with Crippen LogP contribution in [0.2, 0.25) is 0 Å². The van der Waals surface area contributed by atoms with E-state index in [1.807, 2.05) is 6.07 Å². The number of hydrogen-bond donors (Lipinski definition) is 0. The second kappa shape index (κ2) is 5.23. The SMILES string of the molecule is COC(=O)C1CCC(=O)N1C1CCCc2cccnc21. The smallest absolute Gasteiger partial charge is 0.328 e. The molecule has 2 heterocycles. The number of rotatable bonds is 2. The highest BCUT2D eigenvalue weighted by atomic mass is 16.5. The van der Waals surface area contributed by atoms with E-state index >= 15 is 0 Å². The Morgan fingerprint density at radius 3 is 3.05 bits per heavy atom. The fourth-order valence-electron chi connectivity index (χ4n) is 3.32. The van der Waals surface area contributed by atoms with Gasteiger partial charge in [0.2, 0.25) is 5.91 Å². The van der Waals surface area contributed by atoms with Gasteiger partial charge in [0.25, 0.3) is 0 Å². The molecule has 2 aliphatic rings. The zero-order valence-electron chi connectivity index (χ0n) is 11.5. The maximum Gasteiger partial charge on any atom is 0.328 e. The van der Waals surface area contributed by atoms with Crippen LogP contribution in [0.5, 0.6) is 0 Å². The van der Waals surface area contributed by atoms with E-state index in [0.717, 1.165) is 25.0 Å². The van der Waals surface area contributed by atoms with E-state index < -0.39 is 6.04 Å². The number of hydrogen-bond acceptors (Lipinski definition) is 4. The lowest BCUT2D eigenvalue weighted by Gasteiger charge is -2.35. The van der Waals surface area contributed by atoms with Crippen LogP contribution in [-0.4, -0.2) is 34.9 Å². The molecule has 2 unspecified atom stereocenters. The molecule has 0 radical (unpaired) electrons. The zero-order chi connectivity index (χ0) is 14.1. The van der Waals surface area contributed by atoms with Crippen LogP contribution in [0.25, 0.3) is 0 Å². The number of aromatic nitrogens is 1. The van der Waals surface area contributed by atoms with Crippen LogP contribution in [-0.2, 0) is 20.7 Å². The topological polar surface area (TPSA) is 59.5 Å². The number of aryl methyl sites for hydroxylation is 1. The Hall–Kier alpha value is -1.91. The van der Waals surface area contributed by atoms with Gasteiger partial charge in [0.05, 0.1) is 18.8 Å². The van der Waals surface area contributed by atoms with Crippen LogP contribution in [0.15, 0.2) is 18.3 Å². The van der Waals surface area contributed by atoms with Gasteiger partial charge in [0.1, 0.15) is 6.04 Å². The summed E-state index contributed by atoms with van der Waals surface area (Å²) in [4.78, 5) is 30.3. The van der Waals surface area contributed by atoms with Crippen molar-refractivity contribution in [3.8, 4) is 0 Å². The van der Waals surface area contributed by atoms with Gasteiger partial charge >= 0.3 is 5.97 Å². The van der Waals surface area contributed by atoms with Gasteiger partial charge in [-0.05, 0) is 37.3 Å². The van der Waals surface area contributed by atoms with Crippen LogP contribution in [0.3, 0.4) is 0 Å². The molecule has 3 rings (SSSR count). The summed E-state index contributed by atoms with van der Waals surface area (Å²) in [5.74, 6) is -0.289. The molecule has 106 valence electrons. The Bertz CT molecular complexity index is 544. The first-order chi connectivity index (χ1) is 9.72. The molecule has 2 atom stereocenters. The van der Waals surface area contributed by atoms with Gasteiger partial charge in [-0.15, -0.1) is 0 Å². The molecule has 1 fully saturated rings. The predicted octanol–water partition coefficient (Wildman–Crippen LogP) is 1.62. The summed E-state index contributed by atoms with van der Waals surface area (Å²) in [5, 5.41) is 0. The first-order valence-electron chi connectivity index (χ1n) is 7.05. The Balaban J connectivity index is 1.95. The lowest BCUT2D eigenvalue weighted by molar-refractivity contribution is -0.151. The van der Waals surface area contributed by atoms with Gasteiger partial charge in [-0.1, -0.05) is 6.07 Å². The molecular weight excluding hydrogens is 256 g/mol. The van der Waals surface area contributed by atoms with Gasteiger partial charge in [0, 0.05) is 12.6 Å². The number of carbonyl (C=O) groups is 2. The Kier molecular flexibility index (Phi) is 3.42. The molecule has 0 saturated carbocycles. The van der Waals surface area contributed by atoms with Gasteiger partial charge in [-0.25, -0.2) is 4.79 Å². The average Bonchev–Trinajstić information content (AvgIpc) is 2.87. The summed E-state index contributed by atoms with van der Waals surface area (Å²) in [6.07, 6.45) is 5.59. The van der Waals surface area contributed by atoms with Crippen molar-refractivity contribution >= 4 is 11.9 Å². The third-order valence-electron chi connectivity index (χ3n) is 4.23. The third-order valence-corrected chi connectivity index (χ3v) is 4.23. The van der Waals surface area contributed by atoms with E-state index in [4.69, 9.17) is 4.74 Å². The molecule has 20 heavy (non-hydrogen) atoms. The van der Waals surface area contributed by atoms with Crippen LogP contribution < -0.4 is 0 Å². The molecule has 1 amide bonds. The van der Waals surface area contributed by atoms with Crippen molar-refractivity contribution < 1.29 is 14.3 Å². The van der Waals surface area contributed by atoms with Gasteiger partial charge in [-0.2, -0.15) is 0 Å². The molecule has 5 nitrogen and oxygen atoms in total. The maximum atomic E-state index is 12.2. The summed E-state index contributed by atoms with van der Waals surface area (Å²) >= 11 is 0. The number of carbonyl (C=O) groups excluding carboxylic acids is 2. The summed E-state index contributed by atoms with van der Waals surface area (Å²) in [6.45, 7) is 0. The largest absolute Gasteiger partial charge is 0.467 e. The number of amides is 1. The standard InChI is InChI=1S/C15H18N2O3/c1-20-15(19)12-7-8-13(18)17(12)11-6-2-4-10-5-3-9-16-14(10)11/h3,5,9,11-12H,2,4,6-8H2,1H3. The number of esters is 1. The minimum absolute atomic E-state index is 0.0314. The average molecular weight is 274 g/mol. The van der Waals surface area contributed by atoms with E-state index in [2.05, 4.69) is 11.1 Å². The highest BCUT2D eigenvalue weighted by Gasteiger charge is 2.42. The Morgan fingerprint density at radius 2 is 2.25 bits per heavy atom. The molecule has 0 bridgehead atoms. The van der Waals surface area contributed by atoms with Crippen molar-refractivity contribution in [3.63, 3.8) is 0 Å². The number of nitrogens with zero attached hydrogens (tertiary/aromatic N) is 2. The summed E-state index contributed by atoms with van der Waals surface area (Å²) in [7, 11) is 1.37. The lowest BCUT2D eigenvalue weighted by Crippen LogP contribution is -2.43. The molecule has 0 N–H and O–H groups in total. The monoisotopic (exact) mass is 274 g/mol. The van der Waals surface area contributed by atoms with Crippen LogP contribution in [0.1, 0.15) is 43.0 Å². The minimum atomic E-state index is -0.453. The quantitative estimate of drug-likeness (QED) is 0.769. The molecule has 1 aromatic heterocycles. The number of methoxy groups -OCH3 is 1. The van der Waals surface area contributed by atoms with E-state index in [1.165, 1.54) is 12.7 Å². The minimum Gasteiger partial charge on any atom is -0.467 e. The van der Waals surface area contributed by atoms with Crippen LogP contribution >= 0.6 is 0 Å². The van der Waals surface area contributed by atoms with Crippen molar-refractivity contribution in [2.45, 2.75) is 44.2 Å². The second-order valence-electron chi connectivity index (χ2n) is 5.33. The fourth-order valence-corrected chi connectivity index (χ4v) is 3.32. The Morgan fingerprint density at radius 1 is 1.40 bits per heavy atom. The number of pyridine rings is 1. The number of likely N-dealkylation sites (tertiary alicyclic amines) is 1. The van der Waals surface area contributed by atoms with Gasteiger partial charge in [-0.3, -0.25) is 9.78 Å². The molecule has 1 aliphatic carbocycles. The first kappa shape index (κ1) is 13.1. The van der Waals surface area contributed by atoms with Crippen LogP contribution in [0, 0.1) is 0 Å². The van der Waals surface area contributed by atoms with Crippen molar-refractivity contribution in [2.75, 3.05) is 7.11 Å². The highest BCUT2D eigenvalue weighted by Crippen LogP contribution is 2.37. The van der Waals surface area contributed by atoms with E-state index in [-0.39, 0.29) is 17.9 Å². The summed E-state index contributed by atoms with van der Waals surface area (Å²) < 4.78 is 4.84. The van der Waals surface area contributed by atoms with Crippen LogP contribution in [0.4, 0.5) is 0 Å². The second-order valence-corrected chi connectivity index (χ2v) is 5.33. The maximum absolute atomic E-state index is 12.2. The molecule has 1 aliphatic heterocycles. The van der Waals surface area contributed by atoms with Gasteiger partial charge in [0.15, 0.2) is 0 Å². The predicted molar refractivity (Wildman–Crippen MR) is 71.8 cm³/mol. The van der Waals surface area contributed by atoms with Crippen molar-refractivity contribution in [3.05, 3.63) is 29.6 Å². The highest BCUT2D eigenvalue weighted by molar-refractivity contribution is 5.88. The molecule has 1 saturated heterocycles. The van der Waals surface area contributed by atoms with Crippen molar-refractivity contribution in [1.82, 2.24) is 9.88 Å². The molecule has 0 aromatic carbocycles. The number of fused-ring (bicyclic) bond motifs is 1. The summed E-state index contributed by atoms with van der Waals surface area (Å²) in [6, 6.07) is 3.44. The van der Waals surface area contributed by atoms with Gasteiger partial charge < -0.3 is 9.64 Å². The molecule has 0 spiro atoms. The zero-order valence-corrected chi connectivity index (χ0v) is 11.5. The van der Waals surface area contributed by atoms with E-state index in [0.29, 0.717) is 12.8 Å². The first-order valence-corrected chi connectivity index (χ1v) is 7.05. The molecular formula is C15H18N2O3.